The van der Waals surface area contributed by atoms with Gasteiger partial charge in [-0.15, -0.1) is 0 Å². The standard InChI is InChI=1S/C16H29NOS/c1-15(2,3)14(18)13-12-7-8-19-10-11(12)9-17(13)16(4,5)6/h11-13H,7-10H2,1-6H3. The van der Waals surface area contributed by atoms with E-state index in [0.29, 0.717) is 17.6 Å². The van der Waals surface area contributed by atoms with Crippen molar-refractivity contribution in [3.05, 3.63) is 0 Å². The summed E-state index contributed by atoms with van der Waals surface area (Å²) in [5.41, 5.74) is -0.138. The van der Waals surface area contributed by atoms with Gasteiger partial charge in [-0.1, -0.05) is 20.8 Å². The molecule has 0 N–H and O–H groups in total. The Bertz CT molecular complexity index is 353. The Morgan fingerprint density at radius 1 is 1.16 bits per heavy atom. The molecule has 3 atom stereocenters. The average Bonchev–Trinajstić information content (AvgIpc) is 2.65. The second-order valence-corrected chi connectivity index (χ2v) is 9.32. The van der Waals surface area contributed by atoms with Gasteiger partial charge in [-0.05, 0) is 50.5 Å². The summed E-state index contributed by atoms with van der Waals surface area (Å²) in [6, 6.07) is 0.144. The largest absolute Gasteiger partial charge is 0.297 e. The molecule has 2 fully saturated rings. The minimum atomic E-state index is -0.229. The van der Waals surface area contributed by atoms with Gasteiger partial charge in [0.2, 0.25) is 0 Å². The zero-order chi connectivity index (χ0) is 14.4. The van der Waals surface area contributed by atoms with Gasteiger partial charge in [0.1, 0.15) is 0 Å². The van der Waals surface area contributed by atoms with Crippen LogP contribution >= 0.6 is 11.8 Å². The summed E-state index contributed by atoms with van der Waals surface area (Å²) in [6.45, 7) is 14.1. The maximum atomic E-state index is 12.9. The van der Waals surface area contributed by atoms with Crippen LogP contribution in [0.5, 0.6) is 0 Å². The highest BCUT2D eigenvalue weighted by molar-refractivity contribution is 7.99. The first-order valence-corrected chi connectivity index (χ1v) is 8.66. The summed E-state index contributed by atoms with van der Waals surface area (Å²) in [6.07, 6.45) is 1.22. The predicted molar refractivity (Wildman–Crippen MR) is 83.6 cm³/mol. The number of fused-ring (bicyclic) bond motifs is 1. The third-order valence-electron chi connectivity index (χ3n) is 4.57. The molecule has 3 heteroatoms. The molecule has 0 aromatic heterocycles. The fraction of sp³-hybridized carbons (Fsp3) is 0.938. The Hall–Kier alpha value is -0.0200. The van der Waals surface area contributed by atoms with Crippen molar-refractivity contribution >= 4 is 17.5 Å². The van der Waals surface area contributed by atoms with Crippen LogP contribution in [0.15, 0.2) is 0 Å². The molecule has 2 saturated heterocycles. The van der Waals surface area contributed by atoms with E-state index in [4.69, 9.17) is 0 Å². The van der Waals surface area contributed by atoms with E-state index in [0.717, 1.165) is 6.54 Å². The Labute approximate surface area is 122 Å². The van der Waals surface area contributed by atoms with Gasteiger partial charge in [-0.25, -0.2) is 0 Å². The summed E-state index contributed by atoms with van der Waals surface area (Å²) in [7, 11) is 0. The average molecular weight is 283 g/mol. The van der Waals surface area contributed by atoms with Crippen LogP contribution in [0.25, 0.3) is 0 Å². The van der Waals surface area contributed by atoms with Gasteiger partial charge in [0.05, 0.1) is 6.04 Å². The molecule has 0 aromatic rings. The molecule has 2 aliphatic rings. The molecule has 19 heavy (non-hydrogen) atoms. The molecular formula is C16H29NOS. The van der Waals surface area contributed by atoms with Crippen molar-refractivity contribution in [1.82, 2.24) is 4.90 Å². The van der Waals surface area contributed by atoms with Gasteiger partial charge in [0, 0.05) is 17.5 Å². The molecule has 0 saturated carbocycles. The van der Waals surface area contributed by atoms with E-state index in [2.05, 4.69) is 58.2 Å². The van der Waals surface area contributed by atoms with E-state index < -0.39 is 0 Å². The van der Waals surface area contributed by atoms with Gasteiger partial charge in [-0.3, -0.25) is 9.69 Å². The van der Waals surface area contributed by atoms with E-state index in [1.165, 1.54) is 17.9 Å². The third-order valence-corrected chi connectivity index (χ3v) is 5.76. The zero-order valence-corrected chi connectivity index (χ0v) is 14.1. The number of Topliss-reactive ketones (excluding diaryl/α,β-unsaturated/α-hetero) is 1. The number of rotatable bonds is 1. The van der Waals surface area contributed by atoms with Crippen LogP contribution < -0.4 is 0 Å². The molecule has 0 radical (unpaired) electrons. The van der Waals surface area contributed by atoms with Crippen LogP contribution in [0.1, 0.15) is 48.0 Å². The highest BCUT2D eigenvalue weighted by Crippen LogP contribution is 2.44. The van der Waals surface area contributed by atoms with Crippen LogP contribution in [0.4, 0.5) is 0 Å². The number of hydrogen-bond donors (Lipinski definition) is 0. The van der Waals surface area contributed by atoms with Gasteiger partial charge in [0.25, 0.3) is 0 Å². The van der Waals surface area contributed by atoms with E-state index in [1.54, 1.807) is 0 Å². The first-order chi connectivity index (χ1) is 8.62. The van der Waals surface area contributed by atoms with Gasteiger partial charge < -0.3 is 0 Å². The van der Waals surface area contributed by atoms with E-state index in [-0.39, 0.29) is 17.0 Å². The molecule has 0 aromatic carbocycles. The zero-order valence-electron chi connectivity index (χ0n) is 13.3. The fourth-order valence-electron chi connectivity index (χ4n) is 3.49. The SMILES string of the molecule is CC(C)(C)C(=O)C1C2CCSCC2CN1C(C)(C)C. The topological polar surface area (TPSA) is 20.3 Å². The van der Waals surface area contributed by atoms with E-state index in [1.807, 2.05) is 0 Å². The first-order valence-electron chi connectivity index (χ1n) is 7.51. The van der Waals surface area contributed by atoms with E-state index in [9.17, 15) is 4.79 Å². The Kier molecular flexibility index (Phi) is 4.10. The van der Waals surface area contributed by atoms with Gasteiger partial charge in [-0.2, -0.15) is 11.8 Å². The highest BCUT2D eigenvalue weighted by atomic mass is 32.2. The van der Waals surface area contributed by atoms with Crippen molar-refractivity contribution in [2.75, 3.05) is 18.1 Å². The molecule has 0 aliphatic carbocycles. The second kappa shape index (κ2) is 5.07. The maximum absolute atomic E-state index is 12.9. The van der Waals surface area contributed by atoms with Crippen LogP contribution in [-0.2, 0) is 4.79 Å². The summed E-state index contributed by atoms with van der Waals surface area (Å²) < 4.78 is 0. The van der Waals surface area contributed by atoms with Crippen LogP contribution in [0, 0.1) is 17.3 Å². The normalized spacial score (nSPS) is 33.3. The monoisotopic (exact) mass is 283 g/mol. The lowest BCUT2D eigenvalue weighted by atomic mass is 9.78. The fourth-order valence-corrected chi connectivity index (χ4v) is 4.75. The van der Waals surface area contributed by atoms with Crippen molar-refractivity contribution < 1.29 is 4.79 Å². The Morgan fingerprint density at radius 3 is 2.32 bits per heavy atom. The third kappa shape index (κ3) is 3.02. The van der Waals surface area contributed by atoms with Gasteiger partial charge in [0.15, 0.2) is 5.78 Å². The van der Waals surface area contributed by atoms with Crippen molar-refractivity contribution in [2.45, 2.75) is 59.5 Å². The molecule has 0 spiro atoms. The second-order valence-electron chi connectivity index (χ2n) is 8.17. The summed E-state index contributed by atoms with van der Waals surface area (Å²) >= 11 is 2.07. The van der Waals surface area contributed by atoms with Crippen LogP contribution in [0.2, 0.25) is 0 Å². The lowest BCUT2D eigenvalue weighted by Crippen LogP contribution is -2.52. The van der Waals surface area contributed by atoms with Crippen molar-refractivity contribution in [3.63, 3.8) is 0 Å². The molecule has 2 rings (SSSR count). The first kappa shape index (κ1) is 15.4. The minimum absolute atomic E-state index is 0.0909. The molecule has 0 bridgehead atoms. The maximum Gasteiger partial charge on any atom is 0.155 e. The Morgan fingerprint density at radius 2 is 1.79 bits per heavy atom. The smallest absolute Gasteiger partial charge is 0.155 e. The van der Waals surface area contributed by atoms with Crippen molar-refractivity contribution in [1.29, 1.82) is 0 Å². The summed E-state index contributed by atoms with van der Waals surface area (Å²) in [4.78, 5) is 15.4. The lowest BCUT2D eigenvalue weighted by Gasteiger charge is -2.40. The number of ketones is 1. The number of nitrogens with zero attached hydrogens (tertiary/aromatic N) is 1. The molecule has 2 heterocycles. The summed E-state index contributed by atoms with van der Waals surface area (Å²) in [5.74, 6) is 4.22. The highest BCUT2D eigenvalue weighted by Gasteiger charge is 2.51. The molecular weight excluding hydrogens is 254 g/mol. The number of likely N-dealkylation sites (tertiary alicyclic amines) is 1. The van der Waals surface area contributed by atoms with Crippen LogP contribution in [-0.4, -0.2) is 40.3 Å². The van der Waals surface area contributed by atoms with E-state index >= 15 is 0 Å². The van der Waals surface area contributed by atoms with Gasteiger partial charge >= 0.3 is 0 Å². The lowest BCUT2D eigenvalue weighted by molar-refractivity contribution is -0.134. The quantitative estimate of drug-likeness (QED) is 0.735. The minimum Gasteiger partial charge on any atom is -0.297 e. The number of thioether (sulfide) groups is 1. The number of carbonyl (C=O) groups is 1. The van der Waals surface area contributed by atoms with Crippen LogP contribution in [0.3, 0.4) is 0 Å². The molecule has 2 nitrogen and oxygen atoms in total. The molecule has 110 valence electrons. The molecule has 0 amide bonds. The Balaban J connectivity index is 2.31. The molecule has 2 aliphatic heterocycles. The van der Waals surface area contributed by atoms with Crippen molar-refractivity contribution in [3.8, 4) is 0 Å². The number of hydrogen-bond acceptors (Lipinski definition) is 3. The van der Waals surface area contributed by atoms with Crippen molar-refractivity contribution in [2.24, 2.45) is 17.3 Å². The number of carbonyl (C=O) groups excluding carboxylic acids is 1. The predicted octanol–water partition coefficient (Wildman–Crippen LogP) is 3.45. The molecule has 3 unspecified atom stereocenters. The summed E-state index contributed by atoms with van der Waals surface area (Å²) in [5, 5.41) is 0.